The summed E-state index contributed by atoms with van der Waals surface area (Å²) in [4.78, 5) is 0. The van der Waals surface area contributed by atoms with Crippen molar-refractivity contribution in [3.63, 3.8) is 0 Å². The quantitative estimate of drug-likeness (QED) is 0.640. The minimum absolute atomic E-state index is 0.148. The van der Waals surface area contributed by atoms with Crippen molar-refractivity contribution in [2.75, 3.05) is 12.5 Å². The van der Waals surface area contributed by atoms with Gasteiger partial charge in [-0.15, -0.1) is 11.6 Å². The molecule has 1 atom stereocenters. The normalized spacial score (nSPS) is 17.4. The van der Waals surface area contributed by atoms with Crippen molar-refractivity contribution < 1.29 is 9.84 Å². The third-order valence-corrected chi connectivity index (χ3v) is 1.59. The van der Waals surface area contributed by atoms with Crippen LogP contribution in [0.25, 0.3) is 0 Å². The Labute approximate surface area is 67.1 Å². The second kappa shape index (κ2) is 4.16. The summed E-state index contributed by atoms with van der Waals surface area (Å²) in [6, 6.07) is 0. The highest BCUT2D eigenvalue weighted by atomic mass is 35.5. The van der Waals surface area contributed by atoms with Crippen LogP contribution in [0.1, 0.15) is 20.8 Å². The Balaban J connectivity index is 3.46. The van der Waals surface area contributed by atoms with Crippen molar-refractivity contribution in [3.8, 4) is 0 Å². The predicted molar refractivity (Wildman–Crippen MR) is 42.4 cm³/mol. The van der Waals surface area contributed by atoms with Crippen molar-refractivity contribution in [1.29, 1.82) is 0 Å². The first-order valence-corrected chi connectivity index (χ1v) is 3.91. The second-order valence-electron chi connectivity index (χ2n) is 2.99. The van der Waals surface area contributed by atoms with Gasteiger partial charge in [0, 0.05) is 0 Å². The molecule has 0 saturated carbocycles. The van der Waals surface area contributed by atoms with Gasteiger partial charge in [-0.2, -0.15) is 0 Å². The van der Waals surface area contributed by atoms with E-state index in [9.17, 15) is 5.11 Å². The topological polar surface area (TPSA) is 29.5 Å². The van der Waals surface area contributed by atoms with Crippen molar-refractivity contribution in [2.24, 2.45) is 0 Å². The lowest BCUT2D eigenvalue weighted by atomic mass is 10.1. The molecule has 0 aliphatic heterocycles. The Morgan fingerprint density at radius 3 is 2.40 bits per heavy atom. The first-order chi connectivity index (χ1) is 4.48. The van der Waals surface area contributed by atoms with Gasteiger partial charge in [0.1, 0.15) is 0 Å². The number of hydrogen-bond acceptors (Lipinski definition) is 2. The average molecular weight is 167 g/mol. The number of aliphatic hydroxyl groups is 1. The molecule has 0 aliphatic carbocycles. The number of hydrogen-bond donors (Lipinski definition) is 1. The standard InChI is InChI=1S/C7H15ClO2/c1-6(2)10-5-7(3,9)4-8/h6,9H,4-5H2,1-3H3. The van der Waals surface area contributed by atoms with Crippen LogP contribution in [-0.4, -0.2) is 29.3 Å². The Morgan fingerprint density at radius 2 is 2.10 bits per heavy atom. The molecule has 3 heteroatoms. The second-order valence-corrected chi connectivity index (χ2v) is 3.26. The molecule has 0 amide bonds. The highest BCUT2D eigenvalue weighted by Gasteiger charge is 2.19. The molecule has 62 valence electrons. The number of alkyl halides is 1. The van der Waals surface area contributed by atoms with Crippen LogP contribution in [0.5, 0.6) is 0 Å². The average Bonchev–Trinajstić information content (AvgIpc) is 1.85. The molecular weight excluding hydrogens is 152 g/mol. The first-order valence-electron chi connectivity index (χ1n) is 3.38. The molecule has 0 bridgehead atoms. The summed E-state index contributed by atoms with van der Waals surface area (Å²) < 4.78 is 5.16. The van der Waals surface area contributed by atoms with Crippen LogP contribution in [0.15, 0.2) is 0 Å². The van der Waals surface area contributed by atoms with Gasteiger partial charge in [0.2, 0.25) is 0 Å². The Kier molecular flexibility index (Phi) is 4.25. The molecule has 0 aromatic heterocycles. The molecule has 0 spiro atoms. The highest BCUT2D eigenvalue weighted by molar-refractivity contribution is 6.18. The van der Waals surface area contributed by atoms with Crippen LogP contribution in [0.2, 0.25) is 0 Å². The molecule has 0 fully saturated rings. The van der Waals surface area contributed by atoms with E-state index >= 15 is 0 Å². The highest BCUT2D eigenvalue weighted by Crippen LogP contribution is 2.07. The maximum atomic E-state index is 9.32. The van der Waals surface area contributed by atoms with Crippen molar-refractivity contribution in [1.82, 2.24) is 0 Å². The Hall–Kier alpha value is 0.210. The Bertz CT molecular complexity index is 91.6. The van der Waals surface area contributed by atoms with Gasteiger partial charge < -0.3 is 9.84 Å². The van der Waals surface area contributed by atoms with E-state index in [0.29, 0.717) is 6.61 Å². The Morgan fingerprint density at radius 1 is 1.60 bits per heavy atom. The van der Waals surface area contributed by atoms with E-state index in [2.05, 4.69) is 0 Å². The fraction of sp³-hybridized carbons (Fsp3) is 1.00. The van der Waals surface area contributed by atoms with Crippen LogP contribution < -0.4 is 0 Å². The zero-order valence-corrected chi connectivity index (χ0v) is 7.48. The van der Waals surface area contributed by atoms with Crippen molar-refractivity contribution >= 4 is 11.6 Å². The van der Waals surface area contributed by atoms with Crippen LogP contribution in [-0.2, 0) is 4.74 Å². The third kappa shape index (κ3) is 5.03. The van der Waals surface area contributed by atoms with Crippen molar-refractivity contribution in [3.05, 3.63) is 0 Å². The van der Waals surface area contributed by atoms with Gasteiger partial charge in [-0.25, -0.2) is 0 Å². The monoisotopic (exact) mass is 166 g/mol. The zero-order valence-electron chi connectivity index (χ0n) is 6.72. The molecule has 0 saturated heterocycles. The van der Waals surface area contributed by atoms with Crippen molar-refractivity contribution in [2.45, 2.75) is 32.5 Å². The minimum atomic E-state index is -0.883. The number of ether oxygens (including phenoxy) is 1. The molecule has 0 aliphatic rings. The molecule has 10 heavy (non-hydrogen) atoms. The van der Waals surface area contributed by atoms with Gasteiger partial charge in [0.05, 0.1) is 24.2 Å². The van der Waals surface area contributed by atoms with Gasteiger partial charge >= 0.3 is 0 Å². The molecule has 0 heterocycles. The molecule has 0 aromatic carbocycles. The lowest BCUT2D eigenvalue weighted by molar-refractivity contribution is -0.0403. The van der Waals surface area contributed by atoms with E-state index in [4.69, 9.17) is 16.3 Å². The first kappa shape index (κ1) is 10.2. The summed E-state index contributed by atoms with van der Waals surface area (Å²) in [6.45, 7) is 5.80. The predicted octanol–water partition coefficient (Wildman–Crippen LogP) is 1.40. The summed E-state index contributed by atoms with van der Waals surface area (Å²) in [5, 5.41) is 9.32. The van der Waals surface area contributed by atoms with E-state index in [-0.39, 0.29) is 12.0 Å². The van der Waals surface area contributed by atoms with E-state index in [0.717, 1.165) is 0 Å². The molecule has 1 unspecified atom stereocenters. The zero-order chi connectivity index (χ0) is 8.20. The van der Waals surface area contributed by atoms with E-state index < -0.39 is 5.60 Å². The largest absolute Gasteiger partial charge is 0.387 e. The van der Waals surface area contributed by atoms with Crippen LogP contribution in [0.4, 0.5) is 0 Å². The van der Waals surface area contributed by atoms with Gasteiger partial charge in [-0.3, -0.25) is 0 Å². The summed E-state index contributed by atoms with van der Waals surface area (Å²) >= 11 is 5.45. The van der Waals surface area contributed by atoms with E-state index in [1.165, 1.54) is 0 Å². The van der Waals surface area contributed by atoms with Crippen LogP contribution in [0.3, 0.4) is 0 Å². The molecule has 1 N–H and O–H groups in total. The van der Waals surface area contributed by atoms with Crippen LogP contribution in [0, 0.1) is 0 Å². The van der Waals surface area contributed by atoms with E-state index in [1.807, 2.05) is 13.8 Å². The minimum Gasteiger partial charge on any atom is -0.387 e. The van der Waals surface area contributed by atoms with Gasteiger partial charge in [-0.1, -0.05) is 0 Å². The lowest BCUT2D eigenvalue weighted by Gasteiger charge is -2.21. The summed E-state index contributed by atoms with van der Waals surface area (Å²) in [5.41, 5.74) is -0.883. The number of halogens is 1. The summed E-state index contributed by atoms with van der Waals surface area (Å²) in [5.74, 6) is 0.208. The van der Waals surface area contributed by atoms with Gasteiger partial charge in [0.25, 0.3) is 0 Å². The maximum absolute atomic E-state index is 9.32. The van der Waals surface area contributed by atoms with Gasteiger partial charge in [0.15, 0.2) is 0 Å². The maximum Gasteiger partial charge on any atom is 0.0986 e. The fourth-order valence-corrected chi connectivity index (χ4v) is 0.462. The molecule has 0 rings (SSSR count). The smallest absolute Gasteiger partial charge is 0.0986 e. The SMILES string of the molecule is CC(C)OCC(C)(O)CCl. The van der Waals surface area contributed by atoms with Crippen LogP contribution >= 0.6 is 11.6 Å². The lowest BCUT2D eigenvalue weighted by Crippen LogP contribution is -2.33. The fourth-order valence-electron chi connectivity index (χ4n) is 0.385. The molecule has 0 radical (unpaired) electrons. The molecular formula is C7H15ClO2. The van der Waals surface area contributed by atoms with Gasteiger partial charge in [-0.05, 0) is 20.8 Å². The van der Waals surface area contributed by atoms with E-state index in [1.54, 1.807) is 6.92 Å². The third-order valence-electron chi connectivity index (χ3n) is 1.02. The molecule has 2 nitrogen and oxygen atoms in total. The summed E-state index contributed by atoms with van der Waals surface area (Å²) in [7, 11) is 0. The molecule has 0 aromatic rings. The summed E-state index contributed by atoms with van der Waals surface area (Å²) in [6.07, 6.45) is 0.148. The number of rotatable bonds is 4.